The average molecular weight is 372 g/mol. The summed E-state index contributed by atoms with van der Waals surface area (Å²) in [5.41, 5.74) is 1.95. The van der Waals surface area contributed by atoms with Crippen molar-refractivity contribution in [2.24, 2.45) is 5.16 Å². The molecule has 1 N–H and O–H groups in total. The van der Waals surface area contributed by atoms with E-state index in [1.807, 2.05) is 6.92 Å². The Kier molecular flexibility index (Phi) is 6.92. The standard InChI is InChI=1S/C17H22BN4O3P/c1-4-9-24-21-11(2)10-19-15(23)13-7-5-12(6-8-13)14-20-16(25-22-14)17(3,18)26/h5-8H,4,9-10,26H2,1-3H3,(H,19,23)/b21-11+. The predicted molar refractivity (Wildman–Crippen MR) is 104 cm³/mol. The summed E-state index contributed by atoms with van der Waals surface area (Å²) in [6, 6.07) is 6.91. The molecule has 0 saturated heterocycles. The zero-order chi connectivity index (χ0) is 19.2. The fourth-order valence-electron chi connectivity index (χ4n) is 1.92. The van der Waals surface area contributed by atoms with Gasteiger partial charge in [-0.2, -0.15) is 4.98 Å². The van der Waals surface area contributed by atoms with Crippen LogP contribution in [0.2, 0.25) is 0 Å². The van der Waals surface area contributed by atoms with E-state index in [4.69, 9.17) is 17.2 Å². The van der Waals surface area contributed by atoms with Gasteiger partial charge in [0.2, 0.25) is 11.7 Å². The minimum Gasteiger partial charge on any atom is -0.396 e. The van der Waals surface area contributed by atoms with Crippen LogP contribution in [-0.2, 0) is 9.89 Å². The average Bonchev–Trinajstić information content (AvgIpc) is 3.10. The number of benzene rings is 1. The molecule has 0 aliphatic rings. The summed E-state index contributed by atoms with van der Waals surface area (Å²) in [5.74, 6) is 0.538. The van der Waals surface area contributed by atoms with Crippen LogP contribution >= 0.6 is 9.24 Å². The molecule has 0 aliphatic carbocycles. The van der Waals surface area contributed by atoms with Gasteiger partial charge >= 0.3 is 0 Å². The van der Waals surface area contributed by atoms with Crippen LogP contribution in [-0.4, -0.2) is 42.8 Å². The Morgan fingerprint density at radius 1 is 1.42 bits per heavy atom. The van der Waals surface area contributed by atoms with Crippen molar-refractivity contribution in [3.05, 3.63) is 35.7 Å². The van der Waals surface area contributed by atoms with E-state index in [1.54, 1.807) is 38.1 Å². The van der Waals surface area contributed by atoms with Crippen molar-refractivity contribution in [3.63, 3.8) is 0 Å². The van der Waals surface area contributed by atoms with E-state index < -0.39 is 5.06 Å². The second-order valence-electron chi connectivity index (χ2n) is 6.13. The van der Waals surface area contributed by atoms with Crippen molar-refractivity contribution in [1.82, 2.24) is 15.5 Å². The first-order valence-electron chi connectivity index (χ1n) is 8.27. The van der Waals surface area contributed by atoms with Gasteiger partial charge in [-0.3, -0.25) is 4.79 Å². The first-order chi connectivity index (χ1) is 12.3. The molecular formula is C17H22BN4O3P. The van der Waals surface area contributed by atoms with Crippen LogP contribution in [0.4, 0.5) is 0 Å². The number of nitrogens with one attached hydrogen (secondary N) is 1. The SMILES string of the molecule is [B]C(C)(P)c1nc(-c2ccc(C(=O)NC/C(C)=N/OCCC)cc2)no1. The van der Waals surface area contributed by atoms with E-state index in [2.05, 4.69) is 29.9 Å². The van der Waals surface area contributed by atoms with E-state index in [0.29, 0.717) is 36.1 Å². The molecule has 2 unspecified atom stereocenters. The Bertz CT molecular complexity index is 769. The quantitative estimate of drug-likeness (QED) is 0.253. The highest BCUT2D eigenvalue weighted by Crippen LogP contribution is 2.27. The zero-order valence-corrected chi connectivity index (χ0v) is 16.3. The fourth-order valence-corrected chi connectivity index (χ4v) is 2.04. The van der Waals surface area contributed by atoms with Gasteiger partial charge in [-0.05, 0) is 25.5 Å². The lowest BCUT2D eigenvalue weighted by molar-refractivity contribution is 0.0958. The Morgan fingerprint density at radius 2 is 2.12 bits per heavy atom. The molecule has 7 nitrogen and oxygen atoms in total. The van der Waals surface area contributed by atoms with Crippen molar-refractivity contribution in [1.29, 1.82) is 0 Å². The summed E-state index contributed by atoms with van der Waals surface area (Å²) < 4.78 is 5.16. The molecule has 0 aliphatic heterocycles. The molecule has 136 valence electrons. The third kappa shape index (κ3) is 5.66. The van der Waals surface area contributed by atoms with Crippen LogP contribution < -0.4 is 5.32 Å². The predicted octanol–water partition coefficient (Wildman–Crippen LogP) is 2.49. The van der Waals surface area contributed by atoms with Crippen molar-refractivity contribution < 1.29 is 14.2 Å². The van der Waals surface area contributed by atoms with Gasteiger partial charge in [0.1, 0.15) is 6.61 Å². The van der Waals surface area contributed by atoms with Gasteiger partial charge in [-0.1, -0.05) is 36.3 Å². The molecule has 2 atom stereocenters. The van der Waals surface area contributed by atoms with Gasteiger partial charge in [0, 0.05) is 16.2 Å². The molecule has 2 rings (SSSR count). The first-order valence-corrected chi connectivity index (χ1v) is 8.85. The van der Waals surface area contributed by atoms with E-state index in [0.717, 1.165) is 12.0 Å². The lowest BCUT2D eigenvalue weighted by atomic mass is 9.88. The number of oxime groups is 1. The van der Waals surface area contributed by atoms with Gasteiger partial charge in [0.05, 0.1) is 20.1 Å². The van der Waals surface area contributed by atoms with Gasteiger partial charge in [0.15, 0.2) is 0 Å². The Balaban J connectivity index is 1.97. The van der Waals surface area contributed by atoms with Crippen LogP contribution in [0.5, 0.6) is 0 Å². The minimum atomic E-state index is -0.786. The Labute approximate surface area is 156 Å². The zero-order valence-electron chi connectivity index (χ0n) is 15.2. The summed E-state index contributed by atoms with van der Waals surface area (Å²) in [4.78, 5) is 21.5. The fraction of sp³-hybridized carbons (Fsp3) is 0.412. The molecule has 0 fully saturated rings. The first kappa shape index (κ1) is 20.1. The molecule has 1 heterocycles. The van der Waals surface area contributed by atoms with E-state index in [1.165, 1.54) is 0 Å². The van der Waals surface area contributed by atoms with Gasteiger partial charge < -0.3 is 14.7 Å². The molecule has 1 aromatic carbocycles. The summed E-state index contributed by atoms with van der Waals surface area (Å²) in [5, 5.41) is 9.84. The van der Waals surface area contributed by atoms with Gasteiger partial charge in [-0.25, -0.2) is 0 Å². The van der Waals surface area contributed by atoms with Crippen LogP contribution in [0.25, 0.3) is 11.4 Å². The van der Waals surface area contributed by atoms with Crippen LogP contribution in [0.15, 0.2) is 33.9 Å². The lowest BCUT2D eigenvalue weighted by Gasteiger charge is -2.10. The highest BCUT2D eigenvalue weighted by atomic mass is 31.0. The number of rotatable bonds is 8. The molecule has 2 aromatic rings. The number of hydrogen-bond donors (Lipinski definition) is 1. The highest BCUT2D eigenvalue weighted by Gasteiger charge is 2.22. The Hall–Kier alpha value is -2.21. The third-order valence-electron chi connectivity index (χ3n) is 3.31. The molecule has 2 radical (unpaired) electrons. The van der Waals surface area contributed by atoms with Gasteiger partial charge in [-0.15, -0.1) is 9.24 Å². The number of carbonyl (C=O) groups excluding carboxylic acids is 1. The Morgan fingerprint density at radius 3 is 2.69 bits per heavy atom. The number of aromatic nitrogens is 2. The second kappa shape index (κ2) is 8.94. The summed E-state index contributed by atoms with van der Waals surface area (Å²) in [6.45, 7) is 6.43. The van der Waals surface area contributed by atoms with Crippen molar-refractivity contribution >= 4 is 28.7 Å². The van der Waals surface area contributed by atoms with Gasteiger partial charge in [0.25, 0.3) is 5.91 Å². The summed E-state index contributed by atoms with van der Waals surface area (Å²) in [6.07, 6.45) is 0.888. The largest absolute Gasteiger partial charge is 0.396 e. The van der Waals surface area contributed by atoms with Crippen LogP contribution in [0.1, 0.15) is 43.4 Å². The molecule has 0 spiro atoms. The minimum absolute atomic E-state index is 0.199. The number of nitrogens with zero attached hydrogens (tertiary/aromatic N) is 3. The third-order valence-corrected chi connectivity index (χ3v) is 3.56. The maximum atomic E-state index is 12.2. The molecule has 1 amide bonds. The van der Waals surface area contributed by atoms with Crippen molar-refractivity contribution in [2.75, 3.05) is 13.2 Å². The summed E-state index contributed by atoms with van der Waals surface area (Å²) in [7, 11) is 8.35. The van der Waals surface area contributed by atoms with E-state index in [-0.39, 0.29) is 5.91 Å². The molecule has 9 heteroatoms. The highest BCUT2D eigenvalue weighted by molar-refractivity contribution is 7.21. The summed E-state index contributed by atoms with van der Waals surface area (Å²) >= 11 is 0. The normalized spacial score (nSPS) is 13.9. The second-order valence-corrected chi connectivity index (χ2v) is 7.33. The number of carbonyl (C=O) groups is 1. The van der Waals surface area contributed by atoms with E-state index >= 15 is 0 Å². The van der Waals surface area contributed by atoms with Crippen molar-refractivity contribution in [3.8, 4) is 11.4 Å². The monoisotopic (exact) mass is 372 g/mol. The maximum absolute atomic E-state index is 12.2. The molecule has 0 bridgehead atoms. The number of hydrogen-bond acceptors (Lipinski definition) is 6. The van der Waals surface area contributed by atoms with Crippen LogP contribution in [0.3, 0.4) is 0 Å². The molecule has 0 saturated carbocycles. The number of amides is 1. The lowest BCUT2D eigenvalue weighted by Crippen LogP contribution is -2.28. The molecule has 26 heavy (non-hydrogen) atoms. The van der Waals surface area contributed by atoms with E-state index in [9.17, 15) is 4.79 Å². The maximum Gasteiger partial charge on any atom is 0.251 e. The topological polar surface area (TPSA) is 89.6 Å². The smallest absolute Gasteiger partial charge is 0.251 e. The van der Waals surface area contributed by atoms with Crippen molar-refractivity contribution in [2.45, 2.75) is 32.2 Å². The van der Waals surface area contributed by atoms with Crippen LogP contribution in [0, 0.1) is 0 Å². The molecule has 1 aromatic heterocycles. The molecular weight excluding hydrogens is 350 g/mol.